The van der Waals surface area contributed by atoms with Gasteiger partial charge < -0.3 is 9.88 Å². The van der Waals surface area contributed by atoms with Crippen molar-refractivity contribution in [3.63, 3.8) is 0 Å². The van der Waals surface area contributed by atoms with Crippen LogP contribution in [0.3, 0.4) is 0 Å². The zero-order chi connectivity index (χ0) is 14.3. The van der Waals surface area contributed by atoms with E-state index in [2.05, 4.69) is 35.4 Å². The van der Waals surface area contributed by atoms with Crippen LogP contribution in [0.4, 0.5) is 0 Å². The molecule has 0 atom stereocenters. The van der Waals surface area contributed by atoms with E-state index in [1.54, 1.807) is 10.9 Å². The number of benzene rings is 1. The van der Waals surface area contributed by atoms with E-state index in [4.69, 9.17) is 0 Å². The highest BCUT2D eigenvalue weighted by atomic mass is 16.2. The molecular weight excluding hydrogens is 250 g/mol. The Kier molecular flexibility index (Phi) is 2.89. The molecule has 1 aliphatic rings. The van der Waals surface area contributed by atoms with Crippen LogP contribution >= 0.6 is 0 Å². The molecule has 1 aliphatic carbocycles. The number of carbonyl (C=O) groups is 1. The Morgan fingerprint density at radius 1 is 1.35 bits per heavy atom. The van der Waals surface area contributed by atoms with E-state index in [0.717, 1.165) is 18.5 Å². The van der Waals surface area contributed by atoms with Crippen molar-refractivity contribution in [1.82, 2.24) is 14.9 Å². The average molecular weight is 269 g/mol. The summed E-state index contributed by atoms with van der Waals surface area (Å²) < 4.78 is 1.77. The molecule has 2 aromatic rings. The van der Waals surface area contributed by atoms with Gasteiger partial charge in [-0.15, -0.1) is 0 Å². The van der Waals surface area contributed by atoms with E-state index < -0.39 is 0 Å². The third kappa shape index (κ3) is 2.11. The first-order valence-electron chi connectivity index (χ1n) is 6.89. The van der Waals surface area contributed by atoms with Gasteiger partial charge in [-0.05, 0) is 32.3 Å². The molecule has 0 radical (unpaired) electrons. The Morgan fingerprint density at radius 2 is 2.10 bits per heavy atom. The summed E-state index contributed by atoms with van der Waals surface area (Å²) in [6, 6.07) is 8.37. The highest BCUT2D eigenvalue weighted by Crippen LogP contribution is 2.45. The van der Waals surface area contributed by atoms with Crippen LogP contribution < -0.4 is 5.32 Å². The van der Waals surface area contributed by atoms with Gasteiger partial charge in [-0.2, -0.15) is 0 Å². The van der Waals surface area contributed by atoms with Crippen LogP contribution in [-0.4, -0.2) is 15.5 Å². The quantitative estimate of drug-likeness (QED) is 0.930. The smallest absolute Gasteiger partial charge is 0.270 e. The summed E-state index contributed by atoms with van der Waals surface area (Å²) in [6.07, 6.45) is 3.68. The lowest BCUT2D eigenvalue weighted by atomic mass is 10.0. The first-order valence-corrected chi connectivity index (χ1v) is 6.89. The SMILES string of the molecule is Cc1cccc(C2(NC(=O)c3c(C)ncn3C)CC2)c1. The van der Waals surface area contributed by atoms with Crippen LogP contribution in [0.1, 0.15) is 40.2 Å². The largest absolute Gasteiger partial charge is 0.341 e. The molecular formula is C16H19N3O. The van der Waals surface area contributed by atoms with Crippen molar-refractivity contribution in [3.8, 4) is 0 Å². The molecule has 0 saturated heterocycles. The Hall–Kier alpha value is -2.10. The molecule has 0 unspecified atom stereocenters. The summed E-state index contributed by atoms with van der Waals surface area (Å²) in [5, 5.41) is 3.20. The van der Waals surface area contributed by atoms with Gasteiger partial charge in [0.1, 0.15) is 5.69 Å². The minimum atomic E-state index is -0.181. The van der Waals surface area contributed by atoms with Gasteiger partial charge in [-0.3, -0.25) is 4.79 Å². The molecule has 1 saturated carbocycles. The predicted molar refractivity (Wildman–Crippen MR) is 77.5 cm³/mol. The van der Waals surface area contributed by atoms with Crippen LogP contribution in [0.2, 0.25) is 0 Å². The Bertz CT molecular complexity index is 649. The molecule has 0 spiro atoms. The van der Waals surface area contributed by atoms with E-state index in [9.17, 15) is 4.79 Å². The first-order chi connectivity index (χ1) is 9.52. The van der Waals surface area contributed by atoms with E-state index >= 15 is 0 Å². The summed E-state index contributed by atoms with van der Waals surface area (Å²) in [5.74, 6) is -0.0403. The molecule has 104 valence electrons. The predicted octanol–water partition coefficient (Wildman–Crippen LogP) is 2.46. The third-order valence-corrected chi connectivity index (χ3v) is 4.01. The number of imidazole rings is 1. The summed E-state index contributed by atoms with van der Waals surface area (Å²) in [6.45, 7) is 3.94. The highest BCUT2D eigenvalue weighted by Gasteiger charge is 2.46. The number of nitrogens with zero attached hydrogens (tertiary/aromatic N) is 2. The molecule has 20 heavy (non-hydrogen) atoms. The second-order valence-electron chi connectivity index (χ2n) is 5.70. The third-order valence-electron chi connectivity index (χ3n) is 4.01. The van der Waals surface area contributed by atoms with Crippen molar-refractivity contribution < 1.29 is 4.79 Å². The zero-order valence-corrected chi connectivity index (χ0v) is 12.1. The van der Waals surface area contributed by atoms with Crippen molar-refractivity contribution in [1.29, 1.82) is 0 Å². The zero-order valence-electron chi connectivity index (χ0n) is 12.1. The van der Waals surface area contributed by atoms with Gasteiger partial charge in [0.2, 0.25) is 0 Å². The summed E-state index contributed by atoms with van der Waals surface area (Å²) in [7, 11) is 1.85. The van der Waals surface area contributed by atoms with E-state index in [-0.39, 0.29) is 11.4 Å². The number of hydrogen-bond acceptors (Lipinski definition) is 2. The molecule has 1 heterocycles. The van der Waals surface area contributed by atoms with Gasteiger partial charge in [-0.1, -0.05) is 29.8 Å². The maximum Gasteiger partial charge on any atom is 0.270 e. The van der Waals surface area contributed by atoms with Crippen molar-refractivity contribution >= 4 is 5.91 Å². The molecule has 0 aliphatic heterocycles. The van der Waals surface area contributed by atoms with Gasteiger partial charge >= 0.3 is 0 Å². The number of nitrogens with one attached hydrogen (secondary N) is 1. The average Bonchev–Trinajstić information content (AvgIpc) is 3.10. The Labute approximate surface area is 118 Å². The summed E-state index contributed by atoms with van der Waals surface area (Å²) in [4.78, 5) is 16.7. The van der Waals surface area contributed by atoms with Crippen LogP contribution in [0.25, 0.3) is 0 Å². The molecule has 1 N–H and O–H groups in total. The van der Waals surface area contributed by atoms with Gasteiger partial charge in [0, 0.05) is 7.05 Å². The Balaban J connectivity index is 1.86. The number of rotatable bonds is 3. The standard InChI is InChI=1S/C16H19N3O/c1-11-5-4-6-13(9-11)16(7-8-16)18-15(20)14-12(2)17-10-19(14)3/h4-6,9-10H,7-8H2,1-3H3,(H,18,20). The summed E-state index contributed by atoms with van der Waals surface area (Å²) in [5.41, 5.74) is 3.65. The second kappa shape index (κ2) is 4.47. The molecule has 1 fully saturated rings. The van der Waals surface area contributed by atoms with E-state index in [0.29, 0.717) is 5.69 Å². The molecule has 0 bridgehead atoms. The van der Waals surface area contributed by atoms with Crippen molar-refractivity contribution in [2.24, 2.45) is 7.05 Å². The van der Waals surface area contributed by atoms with Crippen LogP contribution in [0.5, 0.6) is 0 Å². The molecule has 4 heteroatoms. The van der Waals surface area contributed by atoms with Crippen molar-refractivity contribution in [3.05, 3.63) is 53.1 Å². The maximum atomic E-state index is 12.5. The molecule has 1 aromatic carbocycles. The highest BCUT2D eigenvalue weighted by molar-refractivity contribution is 5.94. The van der Waals surface area contributed by atoms with Crippen molar-refractivity contribution in [2.75, 3.05) is 0 Å². The van der Waals surface area contributed by atoms with Gasteiger partial charge in [0.05, 0.1) is 17.6 Å². The fourth-order valence-electron chi connectivity index (χ4n) is 2.70. The van der Waals surface area contributed by atoms with Crippen LogP contribution in [0.15, 0.2) is 30.6 Å². The fourth-order valence-corrected chi connectivity index (χ4v) is 2.70. The molecule has 4 nitrogen and oxygen atoms in total. The summed E-state index contributed by atoms with van der Waals surface area (Å²) >= 11 is 0. The molecule has 1 amide bonds. The van der Waals surface area contributed by atoms with E-state index in [1.165, 1.54) is 11.1 Å². The number of aromatic nitrogens is 2. The van der Waals surface area contributed by atoms with Gasteiger partial charge in [0.15, 0.2) is 0 Å². The van der Waals surface area contributed by atoms with Gasteiger partial charge in [-0.25, -0.2) is 4.98 Å². The molecule has 3 rings (SSSR count). The number of aryl methyl sites for hydroxylation is 3. The lowest BCUT2D eigenvalue weighted by Gasteiger charge is -2.19. The number of carbonyl (C=O) groups excluding carboxylic acids is 1. The van der Waals surface area contributed by atoms with Gasteiger partial charge in [0.25, 0.3) is 5.91 Å². The number of hydrogen-bond donors (Lipinski definition) is 1. The Morgan fingerprint density at radius 3 is 2.65 bits per heavy atom. The van der Waals surface area contributed by atoms with Crippen LogP contribution in [0, 0.1) is 13.8 Å². The minimum absolute atomic E-state index is 0.0403. The fraction of sp³-hybridized carbons (Fsp3) is 0.375. The van der Waals surface area contributed by atoms with E-state index in [1.807, 2.05) is 20.0 Å². The first kappa shape index (κ1) is 12.9. The monoisotopic (exact) mass is 269 g/mol. The minimum Gasteiger partial charge on any atom is -0.341 e. The number of amides is 1. The van der Waals surface area contributed by atoms with Crippen LogP contribution in [-0.2, 0) is 12.6 Å². The lowest BCUT2D eigenvalue weighted by Crippen LogP contribution is -2.36. The topological polar surface area (TPSA) is 46.9 Å². The second-order valence-corrected chi connectivity index (χ2v) is 5.70. The van der Waals surface area contributed by atoms with Crippen molar-refractivity contribution in [2.45, 2.75) is 32.2 Å². The maximum absolute atomic E-state index is 12.5. The molecule has 1 aromatic heterocycles. The normalized spacial score (nSPS) is 15.9. The lowest BCUT2D eigenvalue weighted by molar-refractivity contribution is 0.0922.